The summed E-state index contributed by atoms with van der Waals surface area (Å²) in [5, 5.41) is 0. The summed E-state index contributed by atoms with van der Waals surface area (Å²) in [6, 6.07) is 0.128. The van der Waals surface area contributed by atoms with Gasteiger partial charge in [0.2, 0.25) is 0 Å². The van der Waals surface area contributed by atoms with Crippen LogP contribution in [0.2, 0.25) is 0 Å². The number of rotatable bonds is 3. The van der Waals surface area contributed by atoms with Crippen molar-refractivity contribution in [2.45, 2.75) is 51.4 Å². The SMILES string of the molecule is CC1CCCCN1S(=O)(=O)N1CCC(C2OCCO2)CC1. The van der Waals surface area contributed by atoms with E-state index in [2.05, 4.69) is 0 Å². The highest BCUT2D eigenvalue weighted by atomic mass is 32.2. The van der Waals surface area contributed by atoms with Crippen molar-refractivity contribution in [2.75, 3.05) is 32.8 Å². The summed E-state index contributed by atoms with van der Waals surface area (Å²) >= 11 is 0. The molecule has 0 saturated carbocycles. The Hall–Kier alpha value is -0.210. The topological polar surface area (TPSA) is 59.1 Å². The Labute approximate surface area is 127 Å². The van der Waals surface area contributed by atoms with Crippen LogP contribution in [0.4, 0.5) is 0 Å². The van der Waals surface area contributed by atoms with Crippen LogP contribution in [0.15, 0.2) is 0 Å². The van der Waals surface area contributed by atoms with Crippen molar-refractivity contribution in [3.63, 3.8) is 0 Å². The normalized spacial score (nSPS) is 31.8. The van der Waals surface area contributed by atoms with Crippen molar-refractivity contribution < 1.29 is 17.9 Å². The van der Waals surface area contributed by atoms with Gasteiger partial charge in [0.05, 0.1) is 13.2 Å². The van der Waals surface area contributed by atoms with Crippen LogP contribution in [0, 0.1) is 5.92 Å². The Morgan fingerprint density at radius 3 is 2.24 bits per heavy atom. The molecule has 3 aliphatic heterocycles. The third-order valence-electron chi connectivity index (χ3n) is 4.90. The smallest absolute Gasteiger partial charge is 0.282 e. The summed E-state index contributed by atoms with van der Waals surface area (Å²) in [5.41, 5.74) is 0. The molecule has 0 N–H and O–H groups in total. The zero-order valence-corrected chi connectivity index (χ0v) is 13.6. The molecular formula is C14H26N2O4S. The van der Waals surface area contributed by atoms with Crippen molar-refractivity contribution in [1.82, 2.24) is 8.61 Å². The second-order valence-corrected chi connectivity index (χ2v) is 8.19. The molecule has 3 saturated heterocycles. The minimum absolute atomic E-state index is 0.122. The molecule has 0 spiro atoms. The Bertz CT molecular complexity index is 442. The lowest BCUT2D eigenvalue weighted by molar-refractivity contribution is -0.0940. The van der Waals surface area contributed by atoms with E-state index >= 15 is 0 Å². The zero-order valence-electron chi connectivity index (χ0n) is 12.7. The third kappa shape index (κ3) is 3.27. The first-order valence-electron chi connectivity index (χ1n) is 8.09. The van der Waals surface area contributed by atoms with Gasteiger partial charge in [-0.1, -0.05) is 6.42 Å². The largest absolute Gasteiger partial charge is 0.350 e. The first-order valence-corrected chi connectivity index (χ1v) is 9.49. The fourth-order valence-electron chi connectivity index (χ4n) is 3.59. The molecule has 0 aromatic rings. The molecule has 3 fully saturated rings. The van der Waals surface area contributed by atoms with Crippen molar-refractivity contribution in [3.05, 3.63) is 0 Å². The quantitative estimate of drug-likeness (QED) is 0.784. The van der Waals surface area contributed by atoms with Gasteiger partial charge in [-0.25, -0.2) is 0 Å². The van der Waals surface area contributed by atoms with Gasteiger partial charge in [-0.3, -0.25) is 0 Å². The van der Waals surface area contributed by atoms with Gasteiger partial charge in [0.15, 0.2) is 6.29 Å². The van der Waals surface area contributed by atoms with Crippen LogP contribution in [-0.2, 0) is 19.7 Å². The fraction of sp³-hybridized carbons (Fsp3) is 1.00. The number of hydrogen-bond donors (Lipinski definition) is 0. The lowest BCUT2D eigenvalue weighted by Gasteiger charge is -2.39. The third-order valence-corrected chi connectivity index (χ3v) is 7.05. The first-order chi connectivity index (χ1) is 10.1. The van der Waals surface area contributed by atoms with Gasteiger partial charge < -0.3 is 9.47 Å². The highest BCUT2D eigenvalue weighted by Crippen LogP contribution is 2.29. The second-order valence-electron chi connectivity index (χ2n) is 6.31. The fourth-order valence-corrected chi connectivity index (χ4v) is 5.48. The van der Waals surface area contributed by atoms with E-state index in [4.69, 9.17) is 9.47 Å². The molecule has 1 atom stereocenters. The summed E-state index contributed by atoms with van der Waals surface area (Å²) < 4.78 is 40.0. The summed E-state index contributed by atoms with van der Waals surface area (Å²) in [4.78, 5) is 0. The van der Waals surface area contributed by atoms with E-state index in [1.54, 1.807) is 8.61 Å². The van der Waals surface area contributed by atoms with Crippen LogP contribution in [-0.4, -0.2) is 62.2 Å². The second kappa shape index (κ2) is 6.50. The van der Waals surface area contributed by atoms with E-state index in [1.165, 1.54) is 0 Å². The molecule has 0 amide bonds. The Balaban J connectivity index is 1.59. The van der Waals surface area contributed by atoms with Gasteiger partial charge in [0, 0.05) is 31.6 Å². The number of ether oxygens (including phenoxy) is 2. The lowest BCUT2D eigenvalue weighted by Crippen LogP contribution is -2.52. The van der Waals surface area contributed by atoms with E-state index in [9.17, 15) is 8.42 Å². The minimum Gasteiger partial charge on any atom is -0.350 e. The summed E-state index contributed by atoms with van der Waals surface area (Å²) in [5.74, 6) is 0.331. The number of nitrogens with zero attached hydrogens (tertiary/aromatic N) is 2. The molecule has 0 aromatic carbocycles. The number of hydrogen-bond acceptors (Lipinski definition) is 4. The van der Waals surface area contributed by atoms with Crippen molar-refractivity contribution in [2.24, 2.45) is 5.92 Å². The first kappa shape index (κ1) is 15.7. The summed E-state index contributed by atoms with van der Waals surface area (Å²) in [7, 11) is -3.30. The standard InChI is InChI=1S/C14H26N2O4S/c1-12-4-2-3-7-16(12)21(17,18)15-8-5-13(6-9-15)14-19-10-11-20-14/h12-14H,2-11H2,1H3. The van der Waals surface area contributed by atoms with Gasteiger partial charge in [-0.15, -0.1) is 0 Å². The summed E-state index contributed by atoms with van der Waals surface area (Å²) in [6.07, 6.45) is 4.61. The average Bonchev–Trinajstić information content (AvgIpc) is 3.02. The molecule has 3 aliphatic rings. The molecule has 1 unspecified atom stereocenters. The maximum absolute atomic E-state index is 12.8. The highest BCUT2D eigenvalue weighted by Gasteiger charge is 2.38. The minimum atomic E-state index is -3.30. The molecule has 3 heterocycles. The molecule has 6 nitrogen and oxygen atoms in total. The van der Waals surface area contributed by atoms with Gasteiger partial charge in [0.1, 0.15) is 0 Å². The van der Waals surface area contributed by atoms with Gasteiger partial charge >= 0.3 is 0 Å². The van der Waals surface area contributed by atoms with Crippen molar-refractivity contribution >= 4 is 10.2 Å². The molecule has 21 heavy (non-hydrogen) atoms. The van der Waals surface area contributed by atoms with Crippen LogP contribution < -0.4 is 0 Å². The molecule has 122 valence electrons. The van der Waals surface area contributed by atoms with E-state index in [1.807, 2.05) is 6.92 Å². The molecule has 0 aromatic heterocycles. The highest BCUT2D eigenvalue weighted by molar-refractivity contribution is 7.86. The van der Waals surface area contributed by atoms with Gasteiger partial charge in [-0.05, 0) is 32.6 Å². The average molecular weight is 318 g/mol. The van der Waals surface area contributed by atoms with Crippen LogP contribution in [0.5, 0.6) is 0 Å². The molecule has 0 aliphatic carbocycles. The van der Waals surface area contributed by atoms with Crippen LogP contribution in [0.1, 0.15) is 39.0 Å². The molecule has 0 bridgehead atoms. The lowest BCUT2D eigenvalue weighted by atomic mass is 9.98. The predicted octanol–water partition coefficient (Wildman–Crippen LogP) is 1.19. The van der Waals surface area contributed by atoms with Gasteiger partial charge in [0.25, 0.3) is 10.2 Å². The Kier molecular flexibility index (Phi) is 4.85. The van der Waals surface area contributed by atoms with Crippen molar-refractivity contribution in [3.8, 4) is 0 Å². The Morgan fingerprint density at radius 1 is 0.952 bits per heavy atom. The van der Waals surface area contributed by atoms with Crippen LogP contribution >= 0.6 is 0 Å². The van der Waals surface area contributed by atoms with Crippen LogP contribution in [0.25, 0.3) is 0 Å². The zero-order chi connectivity index (χ0) is 14.9. The maximum atomic E-state index is 12.8. The Morgan fingerprint density at radius 2 is 1.62 bits per heavy atom. The predicted molar refractivity (Wildman–Crippen MR) is 78.9 cm³/mol. The molecular weight excluding hydrogens is 292 g/mol. The number of piperidine rings is 2. The maximum Gasteiger partial charge on any atom is 0.282 e. The monoisotopic (exact) mass is 318 g/mol. The van der Waals surface area contributed by atoms with E-state index in [0.29, 0.717) is 38.8 Å². The van der Waals surface area contributed by atoms with E-state index < -0.39 is 10.2 Å². The molecule has 3 rings (SSSR count). The van der Waals surface area contributed by atoms with Gasteiger partial charge in [-0.2, -0.15) is 17.0 Å². The van der Waals surface area contributed by atoms with E-state index in [0.717, 1.165) is 32.1 Å². The van der Waals surface area contributed by atoms with Crippen molar-refractivity contribution in [1.29, 1.82) is 0 Å². The summed E-state index contributed by atoms with van der Waals surface area (Å²) in [6.45, 7) is 5.17. The van der Waals surface area contributed by atoms with Crippen LogP contribution in [0.3, 0.4) is 0 Å². The van der Waals surface area contributed by atoms with E-state index in [-0.39, 0.29) is 12.3 Å². The molecule has 7 heteroatoms. The molecule has 0 radical (unpaired) electrons.